The number of aryl methyl sites for hydroxylation is 1. The minimum absolute atomic E-state index is 0.0162. The zero-order chi connectivity index (χ0) is 23.0. The largest absolute Gasteiger partial charge is 0.349 e. The van der Waals surface area contributed by atoms with E-state index in [-0.39, 0.29) is 35.7 Å². The Hall–Kier alpha value is -2.37. The number of nitrogens with zero attached hydrogens (tertiary/aromatic N) is 1. The van der Waals surface area contributed by atoms with Gasteiger partial charge in [0.15, 0.2) is 0 Å². The normalized spacial score (nSPS) is 30.8. The van der Waals surface area contributed by atoms with Crippen LogP contribution in [0.25, 0.3) is 0 Å². The van der Waals surface area contributed by atoms with Crippen LogP contribution in [0.1, 0.15) is 73.7 Å². The van der Waals surface area contributed by atoms with Crippen LogP contribution in [-0.2, 0) is 9.59 Å². The summed E-state index contributed by atoms with van der Waals surface area (Å²) in [4.78, 5) is 39.8. The Kier molecular flexibility index (Phi) is 6.19. The third-order valence-electron chi connectivity index (χ3n) is 8.71. The van der Waals surface area contributed by atoms with Gasteiger partial charge >= 0.3 is 0 Å². The molecule has 0 radical (unpaired) electrons. The number of carbonyl (C=O) groups is 3. The van der Waals surface area contributed by atoms with E-state index < -0.39 is 0 Å². The molecule has 1 saturated heterocycles. The van der Waals surface area contributed by atoms with Crippen molar-refractivity contribution in [3.63, 3.8) is 0 Å². The van der Waals surface area contributed by atoms with Crippen molar-refractivity contribution in [1.82, 2.24) is 15.5 Å². The summed E-state index contributed by atoms with van der Waals surface area (Å²) < 4.78 is 0. The maximum absolute atomic E-state index is 12.7. The number of rotatable bonds is 6. The first kappa shape index (κ1) is 22.4. The summed E-state index contributed by atoms with van der Waals surface area (Å²) >= 11 is 0. The second-order valence-corrected chi connectivity index (χ2v) is 11.3. The topological polar surface area (TPSA) is 78.5 Å². The standard InChI is InChI=1S/C27H37N3O3/c1-18-4-2-3-5-23(18)26(33)29-22-6-8-30(9-7-22)25(32)17-28-24(31)16-27-13-19-10-20(14-27)12-21(11-19)15-27/h2-5,19-22H,6-17H2,1H3,(H,28,31)(H,29,33). The molecule has 6 nitrogen and oxygen atoms in total. The summed E-state index contributed by atoms with van der Waals surface area (Å²) in [6, 6.07) is 7.66. The van der Waals surface area contributed by atoms with E-state index in [0.29, 0.717) is 25.1 Å². The molecule has 5 aliphatic rings. The zero-order valence-corrected chi connectivity index (χ0v) is 19.8. The second-order valence-electron chi connectivity index (χ2n) is 11.3. The molecule has 2 N–H and O–H groups in total. The predicted molar refractivity (Wildman–Crippen MR) is 126 cm³/mol. The lowest BCUT2D eigenvalue weighted by Crippen LogP contribution is -2.50. The van der Waals surface area contributed by atoms with Crippen LogP contribution in [0, 0.1) is 30.1 Å². The number of hydrogen-bond donors (Lipinski definition) is 2. The SMILES string of the molecule is Cc1ccccc1C(=O)NC1CCN(C(=O)CNC(=O)CC23CC4CC(CC(C4)C2)C3)CC1. The van der Waals surface area contributed by atoms with Crippen LogP contribution < -0.4 is 10.6 Å². The fraction of sp³-hybridized carbons (Fsp3) is 0.667. The van der Waals surface area contributed by atoms with Crippen molar-refractivity contribution >= 4 is 17.7 Å². The van der Waals surface area contributed by atoms with Crippen molar-refractivity contribution in [2.24, 2.45) is 23.2 Å². The Balaban J connectivity index is 1.04. The quantitative estimate of drug-likeness (QED) is 0.696. The third-order valence-corrected chi connectivity index (χ3v) is 8.71. The molecule has 5 fully saturated rings. The number of amides is 3. The molecule has 178 valence electrons. The minimum Gasteiger partial charge on any atom is -0.349 e. The molecule has 0 atom stereocenters. The Labute approximate surface area is 196 Å². The van der Waals surface area contributed by atoms with Gasteiger partial charge in [0.05, 0.1) is 6.54 Å². The van der Waals surface area contributed by atoms with Gasteiger partial charge in [0, 0.05) is 31.1 Å². The number of likely N-dealkylation sites (tertiary alicyclic amines) is 1. The summed E-state index contributed by atoms with van der Waals surface area (Å²) in [5.74, 6) is 2.48. The van der Waals surface area contributed by atoms with Crippen LogP contribution in [0.4, 0.5) is 0 Å². The molecule has 1 aromatic carbocycles. The summed E-state index contributed by atoms with van der Waals surface area (Å²) in [5, 5.41) is 6.04. The maximum atomic E-state index is 12.7. The number of benzene rings is 1. The molecule has 0 spiro atoms. The van der Waals surface area contributed by atoms with Gasteiger partial charge in [0.2, 0.25) is 11.8 Å². The Morgan fingerprint density at radius 2 is 1.58 bits per heavy atom. The van der Waals surface area contributed by atoms with E-state index in [1.807, 2.05) is 36.1 Å². The number of piperidine rings is 1. The van der Waals surface area contributed by atoms with Crippen LogP contribution in [0.2, 0.25) is 0 Å². The highest BCUT2D eigenvalue weighted by molar-refractivity contribution is 5.95. The molecule has 4 bridgehead atoms. The van der Waals surface area contributed by atoms with E-state index in [1.165, 1.54) is 38.5 Å². The van der Waals surface area contributed by atoms with E-state index in [4.69, 9.17) is 0 Å². The van der Waals surface area contributed by atoms with Crippen LogP contribution in [0.5, 0.6) is 0 Å². The predicted octanol–water partition coefficient (Wildman–Crippen LogP) is 3.44. The second kappa shape index (κ2) is 9.11. The smallest absolute Gasteiger partial charge is 0.251 e. The maximum Gasteiger partial charge on any atom is 0.251 e. The van der Waals surface area contributed by atoms with Crippen molar-refractivity contribution in [2.75, 3.05) is 19.6 Å². The highest BCUT2D eigenvalue weighted by atomic mass is 16.2. The molecular formula is C27H37N3O3. The minimum atomic E-state index is -0.0465. The van der Waals surface area contributed by atoms with Crippen LogP contribution in [-0.4, -0.2) is 48.3 Å². The van der Waals surface area contributed by atoms with Crippen molar-refractivity contribution in [3.8, 4) is 0 Å². The molecule has 4 aliphatic carbocycles. The third kappa shape index (κ3) is 4.95. The van der Waals surface area contributed by atoms with Crippen molar-refractivity contribution < 1.29 is 14.4 Å². The molecule has 1 aliphatic heterocycles. The van der Waals surface area contributed by atoms with Gasteiger partial charge in [0.25, 0.3) is 5.91 Å². The monoisotopic (exact) mass is 451 g/mol. The summed E-state index contributed by atoms with van der Waals surface area (Å²) in [7, 11) is 0. The van der Waals surface area contributed by atoms with Gasteiger partial charge in [-0.25, -0.2) is 0 Å². The molecule has 6 heteroatoms. The number of nitrogens with one attached hydrogen (secondary N) is 2. The summed E-state index contributed by atoms with van der Waals surface area (Å²) in [6.07, 6.45) is 9.83. The number of carbonyl (C=O) groups excluding carboxylic acids is 3. The first-order valence-electron chi connectivity index (χ1n) is 12.8. The molecule has 1 aromatic rings. The summed E-state index contributed by atoms with van der Waals surface area (Å²) in [6.45, 7) is 3.25. The van der Waals surface area contributed by atoms with E-state index in [2.05, 4.69) is 10.6 Å². The number of hydrogen-bond acceptors (Lipinski definition) is 3. The Morgan fingerprint density at radius 1 is 0.970 bits per heavy atom. The van der Waals surface area contributed by atoms with Crippen LogP contribution in [0.3, 0.4) is 0 Å². The van der Waals surface area contributed by atoms with Crippen molar-refractivity contribution in [3.05, 3.63) is 35.4 Å². The van der Waals surface area contributed by atoms with E-state index in [0.717, 1.165) is 36.2 Å². The van der Waals surface area contributed by atoms with Gasteiger partial charge in [-0.3, -0.25) is 14.4 Å². The lowest BCUT2D eigenvalue weighted by molar-refractivity contribution is -0.136. The molecule has 4 saturated carbocycles. The van der Waals surface area contributed by atoms with E-state index in [1.54, 1.807) is 0 Å². The Morgan fingerprint density at radius 3 is 2.18 bits per heavy atom. The fourth-order valence-electron chi connectivity index (χ4n) is 7.56. The van der Waals surface area contributed by atoms with Gasteiger partial charge in [0.1, 0.15) is 0 Å². The molecule has 6 rings (SSSR count). The van der Waals surface area contributed by atoms with Crippen molar-refractivity contribution in [2.45, 2.75) is 70.8 Å². The first-order chi connectivity index (χ1) is 15.9. The van der Waals surface area contributed by atoms with E-state index >= 15 is 0 Å². The average molecular weight is 452 g/mol. The lowest BCUT2D eigenvalue weighted by atomic mass is 9.49. The van der Waals surface area contributed by atoms with Gasteiger partial charge in [-0.1, -0.05) is 18.2 Å². The lowest BCUT2D eigenvalue weighted by Gasteiger charge is -2.56. The summed E-state index contributed by atoms with van der Waals surface area (Å²) in [5.41, 5.74) is 1.87. The van der Waals surface area contributed by atoms with Crippen LogP contribution in [0.15, 0.2) is 24.3 Å². The Bertz CT molecular complexity index is 884. The van der Waals surface area contributed by atoms with Crippen molar-refractivity contribution in [1.29, 1.82) is 0 Å². The zero-order valence-electron chi connectivity index (χ0n) is 19.8. The molecule has 0 aromatic heterocycles. The molecule has 0 unspecified atom stereocenters. The highest BCUT2D eigenvalue weighted by Crippen LogP contribution is 2.61. The molecule has 33 heavy (non-hydrogen) atoms. The first-order valence-corrected chi connectivity index (χ1v) is 12.8. The van der Waals surface area contributed by atoms with Gasteiger partial charge < -0.3 is 15.5 Å². The van der Waals surface area contributed by atoms with E-state index in [9.17, 15) is 14.4 Å². The van der Waals surface area contributed by atoms with Gasteiger partial charge in [-0.2, -0.15) is 0 Å². The molecule has 3 amide bonds. The van der Waals surface area contributed by atoms with Crippen LogP contribution >= 0.6 is 0 Å². The fourth-order valence-corrected chi connectivity index (χ4v) is 7.56. The highest BCUT2D eigenvalue weighted by Gasteiger charge is 2.51. The molecular weight excluding hydrogens is 414 g/mol. The van der Waals surface area contributed by atoms with Gasteiger partial charge in [-0.15, -0.1) is 0 Å². The van der Waals surface area contributed by atoms with Gasteiger partial charge in [-0.05, 0) is 93.1 Å². The molecule has 1 heterocycles. The average Bonchev–Trinajstić information content (AvgIpc) is 2.77.